The second-order valence-electron chi connectivity index (χ2n) is 5.19. The van der Waals surface area contributed by atoms with E-state index >= 15 is 0 Å². The van der Waals surface area contributed by atoms with Crippen LogP contribution < -0.4 is 5.32 Å². The fourth-order valence-electron chi connectivity index (χ4n) is 1.71. The molecule has 0 unspecified atom stereocenters. The molecule has 0 spiro atoms. The lowest BCUT2D eigenvalue weighted by Crippen LogP contribution is -2.23. The maximum atomic E-state index is 4.21. The molecule has 0 fully saturated rings. The van der Waals surface area contributed by atoms with Crippen molar-refractivity contribution in [2.24, 2.45) is 5.41 Å². The number of aromatic nitrogens is 2. The molecule has 0 aliphatic heterocycles. The minimum Gasteiger partial charge on any atom is -0.368 e. The predicted octanol–water partition coefficient (Wildman–Crippen LogP) is 4.26. The number of nitrogens with zero attached hydrogens (tertiary/aromatic N) is 2. The molecule has 1 aromatic heterocycles. The Morgan fingerprint density at radius 3 is 2.76 bits per heavy atom. The van der Waals surface area contributed by atoms with Crippen LogP contribution in [-0.4, -0.2) is 16.5 Å². The van der Waals surface area contributed by atoms with Gasteiger partial charge in [0.2, 0.25) is 0 Å². The molecule has 1 heterocycles. The highest BCUT2D eigenvalue weighted by molar-refractivity contribution is 9.10. The lowest BCUT2D eigenvalue weighted by Gasteiger charge is -2.25. The van der Waals surface area contributed by atoms with Crippen LogP contribution in [0.3, 0.4) is 0 Å². The molecule has 0 saturated heterocycles. The van der Waals surface area contributed by atoms with Crippen LogP contribution in [0.2, 0.25) is 0 Å². The van der Waals surface area contributed by atoms with Crippen molar-refractivity contribution in [1.82, 2.24) is 9.97 Å². The minimum absolute atomic E-state index is 0.305. The zero-order chi connectivity index (χ0) is 12.7. The number of hydrogen-bond donors (Lipinski definition) is 1. The molecule has 4 heteroatoms. The molecule has 17 heavy (non-hydrogen) atoms. The normalized spacial score (nSPS) is 11.5. The maximum absolute atomic E-state index is 4.21. The summed E-state index contributed by atoms with van der Waals surface area (Å²) in [6.07, 6.45) is 8.48. The number of anilines is 1. The molecule has 1 N–H and O–H groups in total. The highest BCUT2D eigenvalue weighted by Gasteiger charge is 2.17. The Bertz CT molecular complexity index is 339. The lowest BCUT2D eigenvalue weighted by atomic mass is 9.87. The Labute approximate surface area is 113 Å². The Hall–Kier alpha value is -0.640. The van der Waals surface area contributed by atoms with Crippen LogP contribution in [0.5, 0.6) is 0 Å². The third kappa shape index (κ3) is 5.48. The summed E-state index contributed by atoms with van der Waals surface area (Å²) in [7, 11) is 0. The van der Waals surface area contributed by atoms with Gasteiger partial charge in [-0.3, -0.25) is 0 Å². The van der Waals surface area contributed by atoms with Gasteiger partial charge in [-0.1, -0.05) is 40.0 Å². The van der Waals surface area contributed by atoms with E-state index < -0.39 is 0 Å². The standard InChI is InChI=1S/C13H22BrN3/c1-4-5-6-7-13(2,3)9-16-12-11(14)8-15-10-17-12/h8,10H,4-7,9H2,1-3H3,(H,15,16,17). The summed E-state index contributed by atoms with van der Waals surface area (Å²) in [4.78, 5) is 8.16. The first kappa shape index (κ1) is 14.4. The summed E-state index contributed by atoms with van der Waals surface area (Å²) in [6.45, 7) is 7.77. The van der Waals surface area contributed by atoms with Gasteiger partial charge in [-0.15, -0.1) is 0 Å². The fraction of sp³-hybridized carbons (Fsp3) is 0.692. The molecule has 1 aromatic rings. The monoisotopic (exact) mass is 299 g/mol. The molecule has 0 atom stereocenters. The Kier molecular flexibility index (Phi) is 5.89. The number of nitrogens with one attached hydrogen (secondary N) is 1. The average molecular weight is 300 g/mol. The molecule has 96 valence electrons. The van der Waals surface area contributed by atoms with Crippen molar-refractivity contribution in [2.75, 3.05) is 11.9 Å². The van der Waals surface area contributed by atoms with Crippen molar-refractivity contribution in [2.45, 2.75) is 46.5 Å². The van der Waals surface area contributed by atoms with Crippen molar-refractivity contribution >= 4 is 21.7 Å². The first-order chi connectivity index (χ1) is 8.05. The topological polar surface area (TPSA) is 37.8 Å². The molecule has 0 aliphatic carbocycles. The Morgan fingerprint density at radius 2 is 2.12 bits per heavy atom. The summed E-state index contributed by atoms with van der Waals surface area (Å²) in [6, 6.07) is 0. The average Bonchev–Trinajstić information content (AvgIpc) is 2.28. The maximum Gasteiger partial charge on any atom is 0.143 e. The second-order valence-corrected chi connectivity index (χ2v) is 6.05. The predicted molar refractivity (Wildman–Crippen MR) is 76.1 cm³/mol. The van der Waals surface area contributed by atoms with Crippen LogP contribution in [0.4, 0.5) is 5.82 Å². The summed E-state index contributed by atoms with van der Waals surface area (Å²) in [5.41, 5.74) is 0.305. The van der Waals surface area contributed by atoms with Gasteiger partial charge in [-0.05, 0) is 27.8 Å². The molecular formula is C13H22BrN3. The smallest absolute Gasteiger partial charge is 0.143 e. The van der Waals surface area contributed by atoms with Gasteiger partial charge in [0.1, 0.15) is 12.1 Å². The van der Waals surface area contributed by atoms with E-state index in [1.165, 1.54) is 25.7 Å². The molecule has 0 radical (unpaired) electrons. The van der Waals surface area contributed by atoms with Crippen molar-refractivity contribution in [3.05, 3.63) is 17.0 Å². The number of unbranched alkanes of at least 4 members (excludes halogenated alkanes) is 2. The number of rotatable bonds is 7. The van der Waals surface area contributed by atoms with Gasteiger partial charge in [0.05, 0.1) is 4.47 Å². The van der Waals surface area contributed by atoms with Gasteiger partial charge in [-0.25, -0.2) is 9.97 Å². The third-order valence-electron chi connectivity index (χ3n) is 2.86. The molecule has 0 aromatic carbocycles. The van der Waals surface area contributed by atoms with E-state index in [4.69, 9.17) is 0 Å². The summed E-state index contributed by atoms with van der Waals surface area (Å²) >= 11 is 3.44. The minimum atomic E-state index is 0.305. The van der Waals surface area contributed by atoms with Crippen molar-refractivity contribution in [1.29, 1.82) is 0 Å². The van der Waals surface area contributed by atoms with Crippen molar-refractivity contribution in [3.63, 3.8) is 0 Å². The molecule has 3 nitrogen and oxygen atoms in total. The Balaban J connectivity index is 2.41. The van der Waals surface area contributed by atoms with E-state index in [0.717, 1.165) is 16.8 Å². The first-order valence-corrected chi connectivity index (χ1v) is 7.04. The van der Waals surface area contributed by atoms with Crippen LogP contribution >= 0.6 is 15.9 Å². The summed E-state index contributed by atoms with van der Waals surface area (Å²) < 4.78 is 0.921. The van der Waals surface area contributed by atoms with Crippen LogP contribution in [0, 0.1) is 5.41 Å². The third-order valence-corrected chi connectivity index (χ3v) is 3.44. The summed E-state index contributed by atoms with van der Waals surface area (Å²) in [5, 5.41) is 3.38. The van der Waals surface area contributed by atoms with E-state index in [1.54, 1.807) is 12.5 Å². The quantitative estimate of drug-likeness (QED) is 0.765. The lowest BCUT2D eigenvalue weighted by molar-refractivity contribution is 0.342. The van der Waals surface area contributed by atoms with Crippen LogP contribution in [0.15, 0.2) is 17.0 Å². The van der Waals surface area contributed by atoms with Gasteiger partial charge in [0.15, 0.2) is 0 Å². The number of hydrogen-bond acceptors (Lipinski definition) is 3. The fourth-order valence-corrected chi connectivity index (χ4v) is 2.07. The van der Waals surface area contributed by atoms with Crippen LogP contribution in [0.25, 0.3) is 0 Å². The largest absolute Gasteiger partial charge is 0.368 e. The molecule has 0 amide bonds. The second kappa shape index (κ2) is 6.94. The highest BCUT2D eigenvalue weighted by Crippen LogP contribution is 2.25. The van der Waals surface area contributed by atoms with E-state index in [9.17, 15) is 0 Å². The molecule has 0 bridgehead atoms. The molecule has 0 saturated carbocycles. The zero-order valence-electron chi connectivity index (χ0n) is 11.0. The van der Waals surface area contributed by atoms with E-state index in [1.807, 2.05) is 0 Å². The van der Waals surface area contributed by atoms with Gasteiger partial charge in [-0.2, -0.15) is 0 Å². The molecular weight excluding hydrogens is 278 g/mol. The molecule has 1 rings (SSSR count). The zero-order valence-corrected chi connectivity index (χ0v) is 12.5. The van der Waals surface area contributed by atoms with Gasteiger partial charge in [0.25, 0.3) is 0 Å². The number of halogens is 1. The van der Waals surface area contributed by atoms with Gasteiger partial charge in [0, 0.05) is 12.7 Å². The molecule has 0 aliphatic rings. The first-order valence-electron chi connectivity index (χ1n) is 6.24. The van der Waals surface area contributed by atoms with Gasteiger partial charge < -0.3 is 5.32 Å². The van der Waals surface area contributed by atoms with Crippen LogP contribution in [0.1, 0.15) is 46.5 Å². The Morgan fingerprint density at radius 1 is 1.35 bits per heavy atom. The summed E-state index contributed by atoms with van der Waals surface area (Å²) in [5.74, 6) is 0.878. The van der Waals surface area contributed by atoms with Crippen molar-refractivity contribution in [3.8, 4) is 0 Å². The van der Waals surface area contributed by atoms with E-state index in [2.05, 4.69) is 52.0 Å². The van der Waals surface area contributed by atoms with E-state index in [-0.39, 0.29) is 0 Å². The highest BCUT2D eigenvalue weighted by atomic mass is 79.9. The van der Waals surface area contributed by atoms with Crippen LogP contribution in [-0.2, 0) is 0 Å². The van der Waals surface area contributed by atoms with E-state index in [0.29, 0.717) is 5.41 Å². The van der Waals surface area contributed by atoms with Crippen molar-refractivity contribution < 1.29 is 0 Å². The van der Waals surface area contributed by atoms with Gasteiger partial charge >= 0.3 is 0 Å². The SMILES string of the molecule is CCCCCC(C)(C)CNc1ncncc1Br.